The van der Waals surface area contributed by atoms with Crippen LogP contribution >= 0.6 is 27.5 Å². The number of halogens is 2. The number of carboxylic acids is 1. The van der Waals surface area contributed by atoms with Gasteiger partial charge in [0.1, 0.15) is 10.6 Å². The second-order valence-corrected chi connectivity index (χ2v) is 3.98. The lowest BCUT2D eigenvalue weighted by molar-refractivity contribution is 0.0665. The highest BCUT2D eigenvalue weighted by Crippen LogP contribution is 2.32. The largest absolute Gasteiger partial charge is 0.475 e. The van der Waals surface area contributed by atoms with Crippen molar-refractivity contribution in [2.24, 2.45) is 0 Å². The average molecular weight is 275 g/mol. The maximum absolute atomic E-state index is 10.7. The highest BCUT2D eigenvalue weighted by molar-refractivity contribution is 9.10. The summed E-state index contributed by atoms with van der Waals surface area (Å²) in [6.45, 7) is 0. The molecule has 0 amide bonds. The third-order valence-electron chi connectivity index (χ3n) is 1.79. The summed E-state index contributed by atoms with van der Waals surface area (Å²) in [5.74, 6) is -1.39. The minimum atomic E-state index is -1.16. The average Bonchev–Trinajstić information content (AvgIpc) is 2.43. The predicted octanol–water partition coefficient (Wildman–Crippen LogP) is 3.55. The molecule has 0 bridgehead atoms. The number of rotatable bonds is 1. The van der Waals surface area contributed by atoms with Crippen LogP contribution in [0.4, 0.5) is 0 Å². The first-order chi connectivity index (χ1) is 6.59. The fourth-order valence-corrected chi connectivity index (χ4v) is 1.79. The Labute approximate surface area is 92.4 Å². The second kappa shape index (κ2) is 3.29. The first-order valence-corrected chi connectivity index (χ1v) is 4.87. The van der Waals surface area contributed by atoms with Gasteiger partial charge in [0.25, 0.3) is 0 Å². The van der Waals surface area contributed by atoms with Gasteiger partial charge in [-0.25, -0.2) is 4.79 Å². The molecule has 1 aromatic carbocycles. The molecule has 5 heteroatoms. The Morgan fingerprint density at radius 3 is 2.86 bits per heavy atom. The Hall–Kier alpha value is -1.00. The second-order valence-electron chi connectivity index (χ2n) is 2.69. The molecule has 0 atom stereocenters. The third-order valence-corrected chi connectivity index (χ3v) is 2.65. The zero-order valence-electron chi connectivity index (χ0n) is 6.75. The minimum Gasteiger partial charge on any atom is -0.475 e. The van der Waals surface area contributed by atoms with Gasteiger partial charge in [0, 0.05) is 9.86 Å². The van der Waals surface area contributed by atoms with E-state index >= 15 is 0 Å². The van der Waals surface area contributed by atoms with E-state index in [2.05, 4.69) is 15.9 Å². The van der Waals surface area contributed by atoms with Gasteiger partial charge in [-0.05, 0) is 18.2 Å². The fraction of sp³-hybridized carbons (Fsp3) is 0. The summed E-state index contributed by atoms with van der Waals surface area (Å²) in [4.78, 5) is 10.7. The van der Waals surface area contributed by atoms with Gasteiger partial charge in [0.05, 0.1) is 0 Å². The van der Waals surface area contributed by atoms with E-state index in [1.807, 2.05) is 0 Å². The maximum atomic E-state index is 10.7. The predicted molar refractivity (Wildman–Crippen MR) is 55.9 cm³/mol. The van der Waals surface area contributed by atoms with E-state index in [9.17, 15) is 4.79 Å². The lowest BCUT2D eigenvalue weighted by Gasteiger charge is -1.88. The van der Waals surface area contributed by atoms with Crippen molar-refractivity contribution < 1.29 is 14.3 Å². The Balaban J connectivity index is 2.79. The number of carboxylic acid groups (broad SMARTS) is 1. The van der Waals surface area contributed by atoms with Gasteiger partial charge in [-0.15, -0.1) is 0 Å². The molecule has 1 heterocycles. The van der Waals surface area contributed by atoms with E-state index in [0.29, 0.717) is 11.0 Å². The Bertz CT molecular complexity index is 518. The topological polar surface area (TPSA) is 50.4 Å². The molecule has 14 heavy (non-hydrogen) atoms. The van der Waals surface area contributed by atoms with Crippen molar-refractivity contribution in [1.29, 1.82) is 0 Å². The maximum Gasteiger partial charge on any atom is 0.373 e. The van der Waals surface area contributed by atoms with Crippen LogP contribution in [0.2, 0.25) is 5.02 Å². The lowest BCUT2D eigenvalue weighted by Crippen LogP contribution is -1.93. The molecule has 2 rings (SSSR count). The van der Waals surface area contributed by atoms with Crippen molar-refractivity contribution in [2.75, 3.05) is 0 Å². The molecule has 0 unspecified atom stereocenters. The van der Waals surface area contributed by atoms with Crippen molar-refractivity contribution >= 4 is 44.5 Å². The highest BCUT2D eigenvalue weighted by Gasteiger charge is 2.17. The van der Waals surface area contributed by atoms with E-state index in [1.54, 1.807) is 18.2 Å². The standard InChI is InChI=1S/C9H4BrClO3/c10-4-1-2-5-6(3-4)14-8(7(5)11)9(12)13/h1-3H,(H,12,13). The summed E-state index contributed by atoms with van der Waals surface area (Å²) in [5, 5.41) is 9.49. The normalized spacial score (nSPS) is 10.7. The number of carbonyl (C=O) groups is 1. The zero-order valence-corrected chi connectivity index (χ0v) is 9.09. The lowest BCUT2D eigenvalue weighted by atomic mass is 10.2. The number of hydrogen-bond acceptors (Lipinski definition) is 2. The van der Waals surface area contributed by atoms with Crippen LogP contribution in [0.15, 0.2) is 27.1 Å². The molecule has 0 saturated carbocycles. The highest BCUT2D eigenvalue weighted by atomic mass is 79.9. The quantitative estimate of drug-likeness (QED) is 0.866. The summed E-state index contributed by atoms with van der Waals surface area (Å²) in [6.07, 6.45) is 0. The molecular weight excluding hydrogens is 271 g/mol. The minimum absolute atomic E-state index is 0.139. The molecule has 0 aliphatic rings. The fourth-order valence-electron chi connectivity index (χ4n) is 1.18. The first kappa shape index (κ1) is 9.55. The van der Waals surface area contributed by atoms with Crippen LogP contribution in [0, 0.1) is 0 Å². The SMILES string of the molecule is O=C(O)c1oc2cc(Br)ccc2c1Cl. The molecular formula is C9H4BrClO3. The smallest absolute Gasteiger partial charge is 0.373 e. The van der Waals surface area contributed by atoms with Gasteiger partial charge >= 0.3 is 5.97 Å². The number of aromatic carboxylic acids is 1. The number of benzene rings is 1. The number of hydrogen-bond donors (Lipinski definition) is 1. The summed E-state index contributed by atoms with van der Waals surface area (Å²) < 4.78 is 5.89. The zero-order chi connectivity index (χ0) is 10.3. The van der Waals surface area contributed by atoms with Crippen molar-refractivity contribution in [3.63, 3.8) is 0 Å². The number of furan rings is 1. The molecule has 0 aliphatic carbocycles. The van der Waals surface area contributed by atoms with Crippen LogP contribution in [0.5, 0.6) is 0 Å². The van der Waals surface area contributed by atoms with Gasteiger partial charge in [-0.1, -0.05) is 27.5 Å². The first-order valence-electron chi connectivity index (χ1n) is 3.70. The van der Waals surface area contributed by atoms with Gasteiger partial charge in [-0.3, -0.25) is 0 Å². The van der Waals surface area contributed by atoms with Crippen LogP contribution in [-0.4, -0.2) is 11.1 Å². The molecule has 0 fully saturated rings. The van der Waals surface area contributed by atoms with Gasteiger partial charge in [0.15, 0.2) is 0 Å². The molecule has 72 valence electrons. The van der Waals surface area contributed by atoms with Gasteiger partial charge in [0.2, 0.25) is 5.76 Å². The Kier molecular flexibility index (Phi) is 2.25. The Morgan fingerprint density at radius 2 is 2.21 bits per heavy atom. The summed E-state index contributed by atoms with van der Waals surface area (Å²) in [6, 6.07) is 5.15. The van der Waals surface area contributed by atoms with Crippen molar-refractivity contribution in [3.8, 4) is 0 Å². The third kappa shape index (κ3) is 1.40. The molecule has 0 saturated heterocycles. The van der Waals surface area contributed by atoms with Crippen LogP contribution < -0.4 is 0 Å². The number of fused-ring (bicyclic) bond motifs is 1. The molecule has 0 aliphatic heterocycles. The van der Waals surface area contributed by atoms with Crippen LogP contribution in [0.3, 0.4) is 0 Å². The molecule has 1 aromatic heterocycles. The van der Waals surface area contributed by atoms with Crippen LogP contribution in [0.1, 0.15) is 10.6 Å². The molecule has 0 spiro atoms. The van der Waals surface area contributed by atoms with Crippen molar-refractivity contribution in [3.05, 3.63) is 33.5 Å². The van der Waals surface area contributed by atoms with Crippen molar-refractivity contribution in [1.82, 2.24) is 0 Å². The molecule has 0 radical (unpaired) electrons. The van der Waals surface area contributed by atoms with E-state index in [0.717, 1.165) is 4.47 Å². The summed E-state index contributed by atoms with van der Waals surface area (Å²) in [5.41, 5.74) is 0.460. The van der Waals surface area contributed by atoms with E-state index in [1.165, 1.54) is 0 Å². The Morgan fingerprint density at radius 1 is 1.50 bits per heavy atom. The molecule has 2 aromatic rings. The van der Waals surface area contributed by atoms with Crippen molar-refractivity contribution in [2.45, 2.75) is 0 Å². The van der Waals surface area contributed by atoms with Gasteiger partial charge < -0.3 is 9.52 Å². The monoisotopic (exact) mass is 274 g/mol. The van der Waals surface area contributed by atoms with Crippen LogP contribution in [0.25, 0.3) is 11.0 Å². The van der Waals surface area contributed by atoms with E-state index in [4.69, 9.17) is 21.1 Å². The van der Waals surface area contributed by atoms with Crippen LogP contribution in [-0.2, 0) is 0 Å². The van der Waals surface area contributed by atoms with E-state index in [-0.39, 0.29) is 10.8 Å². The summed E-state index contributed by atoms with van der Waals surface area (Å²) in [7, 11) is 0. The van der Waals surface area contributed by atoms with Gasteiger partial charge in [-0.2, -0.15) is 0 Å². The summed E-state index contributed by atoms with van der Waals surface area (Å²) >= 11 is 9.07. The molecule has 1 N–H and O–H groups in total. The van der Waals surface area contributed by atoms with E-state index < -0.39 is 5.97 Å². The molecule has 3 nitrogen and oxygen atoms in total.